The minimum absolute atomic E-state index is 0.0259. The number of H-pyrrole nitrogens is 1. The predicted octanol–water partition coefficient (Wildman–Crippen LogP) is 4.59. The number of imide groups is 1. The highest BCUT2D eigenvalue weighted by molar-refractivity contribution is 8.00. The Morgan fingerprint density at radius 2 is 1.71 bits per heavy atom. The Morgan fingerprint density at radius 1 is 1.00 bits per heavy atom. The molecule has 7 atom stereocenters. The molecule has 3 fully saturated rings. The predicted molar refractivity (Wildman–Crippen MR) is 146 cm³/mol. The number of aromatic amines is 1. The van der Waals surface area contributed by atoms with Crippen LogP contribution in [0.25, 0.3) is 0 Å². The van der Waals surface area contributed by atoms with Crippen molar-refractivity contribution in [2.75, 3.05) is 11.9 Å². The van der Waals surface area contributed by atoms with Crippen LogP contribution in [0.4, 0.5) is 5.69 Å². The molecule has 2 aromatic carbocycles. The number of hydrogen-bond acceptors (Lipinski definition) is 6. The van der Waals surface area contributed by atoms with E-state index in [4.69, 9.17) is 11.6 Å². The van der Waals surface area contributed by atoms with Gasteiger partial charge in [0.05, 0.1) is 16.9 Å². The maximum atomic E-state index is 13.7. The third-order valence-corrected chi connectivity index (χ3v) is 11.5. The van der Waals surface area contributed by atoms with Crippen molar-refractivity contribution >= 4 is 58.1 Å². The van der Waals surface area contributed by atoms with Crippen molar-refractivity contribution in [2.24, 2.45) is 29.6 Å². The summed E-state index contributed by atoms with van der Waals surface area (Å²) < 4.78 is 0. The zero-order valence-corrected chi connectivity index (χ0v) is 22.5. The zero-order valence-electron chi connectivity index (χ0n) is 20.1. The van der Waals surface area contributed by atoms with Gasteiger partial charge in [-0.05, 0) is 54.0 Å². The molecular weight excluding hydrogens is 542 g/mol. The molecule has 3 amide bonds. The Bertz CT molecular complexity index is 1500. The molecule has 2 N–H and O–H groups in total. The highest BCUT2D eigenvalue weighted by atomic mass is 35.5. The fourth-order valence-corrected chi connectivity index (χ4v) is 10.3. The number of thiazole rings is 1. The molecule has 7 unspecified atom stereocenters. The van der Waals surface area contributed by atoms with Crippen LogP contribution >= 0.6 is 34.7 Å². The summed E-state index contributed by atoms with van der Waals surface area (Å²) in [7, 11) is 0. The quantitative estimate of drug-likeness (QED) is 0.441. The van der Waals surface area contributed by atoms with Crippen LogP contribution in [0.2, 0.25) is 5.02 Å². The molecule has 0 radical (unpaired) electrons. The van der Waals surface area contributed by atoms with Gasteiger partial charge in [0, 0.05) is 39.7 Å². The molecule has 4 aliphatic rings. The minimum Gasteiger partial charge on any atom is -0.326 e. The van der Waals surface area contributed by atoms with Gasteiger partial charge < -0.3 is 10.3 Å². The minimum atomic E-state index is -0.362. The number of amides is 3. The molecule has 1 aromatic heterocycles. The van der Waals surface area contributed by atoms with Gasteiger partial charge in [-0.1, -0.05) is 53.3 Å². The summed E-state index contributed by atoms with van der Waals surface area (Å²) in [4.78, 5) is 57.4. The van der Waals surface area contributed by atoms with E-state index in [2.05, 4.69) is 10.3 Å². The van der Waals surface area contributed by atoms with Gasteiger partial charge in [0.2, 0.25) is 17.7 Å². The molecule has 38 heavy (non-hydrogen) atoms. The molecule has 2 aliphatic carbocycles. The van der Waals surface area contributed by atoms with Crippen molar-refractivity contribution in [3.63, 3.8) is 0 Å². The number of aromatic nitrogens is 1. The van der Waals surface area contributed by atoms with Gasteiger partial charge in [0.15, 0.2) is 0 Å². The van der Waals surface area contributed by atoms with E-state index in [0.717, 1.165) is 21.9 Å². The summed E-state index contributed by atoms with van der Waals surface area (Å²) in [5, 5.41) is 4.50. The normalized spacial score (nSPS) is 30.8. The summed E-state index contributed by atoms with van der Waals surface area (Å²) in [6.45, 7) is 0.0898. The Morgan fingerprint density at radius 3 is 2.45 bits per heavy atom. The summed E-state index contributed by atoms with van der Waals surface area (Å²) in [5.74, 6) is -1.00. The molecule has 194 valence electrons. The molecule has 0 spiro atoms. The number of nitrogens with zero attached hydrogens (tertiary/aromatic N) is 1. The molecule has 7 rings (SSSR count). The van der Waals surface area contributed by atoms with Crippen molar-refractivity contribution in [2.45, 2.75) is 29.0 Å². The van der Waals surface area contributed by atoms with Crippen LogP contribution in [-0.2, 0) is 14.4 Å². The first kappa shape index (κ1) is 24.2. The lowest BCUT2D eigenvalue weighted by atomic mass is 9.68. The maximum absolute atomic E-state index is 13.7. The van der Waals surface area contributed by atoms with Gasteiger partial charge >= 0.3 is 4.87 Å². The standard InChI is InChI=1S/C28H24ClN3O4S2/c29-14-8-6-13(7-9-14)19-20-16-12-17(23(20)37-25-24(19)38-28(36)31-25)22-21(16)26(34)32(27(22)35)11-10-18(33)30-15-4-2-1-3-5-15/h1-9,16-17,19-23H,10-12H2,(H,30,33)(H,31,36). The smallest absolute Gasteiger partial charge is 0.305 e. The SMILES string of the molecule is O=C(CCN1C(=O)C2C3CC(C2C1=O)C1C(c2ccc(Cl)cc2)c2sc(=O)[nH]c2SC31)Nc1ccccc1. The van der Waals surface area contributed by atoms with Gasteiger partial charge in [-0.3, -0.25) is 24.1 Å². The fourth-order valence-electron chi connectivity index (χ4n) is 7.30. The first-order chi connectivity index (χ1) is 18.4. The van der Waals surface area contributed by atoms with Crippen LogP contribution in [0.3, 0.4) is 0 Å². The van der Waals surface area contributed by atoms with Gasteiger partial charge in [-0.2, -0.15) is 0 Å². The molecule has 10 heteroatoms. The van der Waals surface area contributed by atoms with Crippen molar-refractivity contribution in [3.05, 3.63) is 79.7 Å². The van der Waals surface area contributed by atoms with Crippen LogP contribution < -0.4 is 10.2 Å². The second-order valence-electron chi connectivity index (χ2n) is 10.5. The number of likely N-dealkylation sites (tertiary alicyclic amines) is 1. The molecule has 3 heterocycles. The average Bonchev–Trinajstić information content (AvgIpc) is 3.63. The largest absolute Gasteiger partial charge is 0.326 e. The number of carbonyl (C=O) groups excluding carboxylic acids is 3. The molecule has 2 aliphatic heterocycles. The average molecular weight is 566 g/mol. The fraction of sp³-hybridized carbons (Fsp3) is 0.357. The number of benzene rings is 2. The Kier molecular flexibility index (Phi) is 5.79. The number of para-hydroxylation sites is 1. The van der Waals surface area contributed by atoms with Crippen LogP contribution in [-0.4, -0.2) is 39.4 Å². The lowest BCUT2D eigenvalue weighted by Gasteiger charge is -2.43. The van der Waals surface area contributed by atoms with E-state index < -0.39 is 0 Å². The number of carbonyl (C=O) groups is 3. The number of thioether (sulfide) groups is 1. The maximum Gasteiger partial charge on any atom is 0.305 e. The lowest BCUT2D eigenvalue weighted by Crippen LogP contribution is -2.42. The second kappa shape index (κ2) is 9.10. The van der Waals surface area contributed by atoms with Crippen molar-refractivity contribution in [1.29, 1.82) is 0 Å². The van der Waals surface area contributed by atoms with E-state index in [1.165, 1.54) is 16.2 Å². The number of halogens is 1. The van der Waals surface area contributed by atoms with Crippen molar-refractivity contribution in [3.8, 4) is 0 Å². The van der Waals surface area contributed by atoms with Crippen LogP contribution in [0, 0.1) is 29.6 Å². The van der Waals surface area contributed by atoms with Crippen LogP contribution in [0.15, 0.2) is 64.4 Å². The number of anilines is 1. The third kappa shape index (κ3) is 3.70. The van der Waals surface area contributed by atoms with Crippen LogP contribution in [0.1, 0.15) is 29.2 Å². The first-order valence-corrected chi connectivity index (χ1v) is 14.8. The van der Waals surface area contributed by atoms with E-state index in [0.29, 0.717) is 10.7 Å². The van der Waals surface area contributed by atoms with Crippen molar-refractivity contribution < 1.29 is 14.4 Å². The molecule has 2 bridgehead atoms. The molecule has 3 aromatic rings. The number of fused-ring (bicyclic) bond motifs is 9. The summed E-state index contributed by atoms with van der Waals surface area (Å²) in [5.41, 5.74) is 1.77. The Hall–Kier alpha value is -2.88. The number of nitrogens with one attached hydrogen (secondary N) is 2. The van der Waals surface area contributed by atoms with Gasteiger partial charge in [0.1, 0.15) is 0 Å². The highest BCUT2D eigenvalue weighted by Gasteiger charge is 2.69. The highest BCUT2D eigenvalue weighted by Crippen LogP contribution is 2.68. The summed E-state index contributed by atoms with van der Waals surface area (Å²) >= 11 is 9.09. The summed E-state index contributed by atoms with van der Waals surface area (Å²) in [6.07, 6.45) is 0.898. The first-order valence-electron chi connectivity index (χ1n) is 12.8. The Balaban J connectivity index is 1.16. The van der Waals surface area contributed by atoms with Gasteiger partial charge in [-0.25, -0.2) is 0 Å². The topological polar surface area (TPSA) is 99.3 Å². The van der Waals surface area contributed by atoms with E-state index in [-0.39, 0.29) is 76.3 Å². The number of rotatable bonds is 5. The van der Waals surface area contributed by atoms with Gasteiger partial charge in [0.25, 0.3) is 0 Å². The van der Waals surface area contributed by atoms with Crippen molar-refractivity contribution in [1.82, 2.24) is 9.88 Å². The van der Waals surface area contributed by atoms with E-state index in [1.54, 1.807) is 23.9 Å². The molecular formula is C28H24ClN3O4S2. The zero-order chi connectivity index (χ0) is 26.1. The third-order valence-electron chi connectivity index (χ3n) is 8.66. The Labute approximate surface area is 232 Å². The molecule has 7 nitrogen and oxygen atoms in total. The second-order valence-corrected chi connectivity index (χ2v) is 13.1. The monoisotopic (exact) mass is 565 g/mol. The lowest BCUT2D eigenvalue weighted by molar-refractivity contribution is -0.141. The summed E-state index contributed by atoms with van der Waals surface area (Å²) in [6, 6.07) is 16.9. The van der Waals surface area contributed by atoms with E-state index in [1.807, 2.05) is 42.5 Å². The van der Waals surface area contributed by atoms with E-state index in [9.17, 15) is 19.2 Å². The number of hydrogen-bond donors (Lipinski definition) is 2. The van der Waals surface area contributed by atoms with Crippen LogP contribution in [0.5, 0.6) is 0 Å². The molecule has 2 saturated carbocycles. The molecule has 1 saturated heterocycles. The van der Waals surface area contributed by atoms with Gasteiger partial charge in [-0.15, -0.1) is 11.8 Å². The van der Waals surface area contributed by atoms with E-state index >= 15 is 0 Å².